The number of hydrogen-bond acceptors (Lipinski definition) is 3. The highest BCUT2D eigenvalue weighted by molar-refractivity contribution is 5.82. The van der Waals surface area contributed by atoms with Gasteiger partial charge in [-0.05, 0) is 12.1 Å². The van der Waals surface area contributed by atoms with E-state index in [1.807, 2.05) is 36.4 Å². The lowest BCUT2D eigenvalue weighted by Gasteiger charge is -2.32. The van der Waals surface area contributed by atoms with Crippen molar-refractivity contribution in [1.29, 1.82) is 0 Å². The lowest BCUT2D eigenvalue weighted by molar-refractivity contribution is -0.183. The fraction of sp³-hybridized carbons (Fsp3) is 0.188. The molecule has 0 fully saturated rings. The number of carbonyl (C=O) groups is 1. The van der Waals surface area contributed by atoms with E-state index in [2.05, 4.69) is 5.32 Å². The van der Waals surface area contributed by atoms with Gasteiger partial charge in [-0.15, -0.1) is 0 Å². The molecule has 0 aromatic heterocycles. The van der Waals surface area contributed by atoms with Crippen molar-refractivity contribution in [2.75, 3.05) is 19.5 Å². The topological polar surface area (TPSA) is 67.8 Å². The molecule has 21 heavy (non-hydrogen) atoms. The number of carboxylic acid groups (broad SMARTS) is 1. The van der Waals surface area contributed by atoms with Crippen LogP contribution >= 0.6 is 0 Å². The van der Waals surface area contributed by atoms with E-state index in [9.17, 15) is 4.79 Å². The zero-order chi connectivity index (χ0) is 15.3. The third-order valence-corrected chi connectivity index (χ3v) is 3.22. The number of anilines is 1. The minimum Gasteiger partial charge on any atom is -0.465 e. The van der Waals surface area contributed by atoms with Gasteiger partial charge in [-0.2, -0.15) is 0 Å². The minimum absolute atomic E-state index is 0.453. The SMILES string of the molecule is COC(OC)(c1ccccc1)c1cccc(NC(=O)O)c1. The maximum Gasteiger partial charge on any atom is 0.409 e. The van der Waals surface area contributed by atoms with Crippen LogP contribution in [0.4, 0.5) is 10.5 Å². The summed E-state index contributed by atoms with van der Waals surface area (Å²) in [7, 11) is 3.10. The molecule has 2 rings (SSSR count). The van der Waals surface area contributed by atoms with Gasteiger partial charge in [-0.3, -0.25) is 5.32 Å². The van der Waals surface area contributed by atoms with Gasteiger partial charge >= 0.3 is 6.09 Å². The molecule has 0 unspecified atom stereocenters. The van der Waals surface area contributed by atoms with E-state index in [0.29, 0.717) is 11.3 Å². The molecule has 2 aromatic rings. The second-order valence-corrected chi connectivity index (χ2v) is 4.40. The number of benzene rings is 2. The Morgan fingerprint density at radius 2 is 1.62 bits per heavy atom. The first-order chi connectivity index (χ1) is 10.1. The molecule has 2 aromatic carbocycles. The Morgan fingerprint density at radius 1 is 1.00 bits per heavy atom. The van der Waals surface area contributed by atoms with E-state index in [-0.39, 0.29) is 0 Å². The first-order valence-corrected chi connectivity index (χ1v) is 6.38. The molecule has 0 radical (unpaired) electrons. The number of hydrogen-bond donors (Lipinski definition) is 2. The lowest BCUT2D eigenvalue weighted by atomic mass is 9.96. The molecule has 0 saturated carbocycles. The fourth-order valence-corrected chi connectivity index (χ4v) is 2.30. The van der Waals surface area contributed by atoms with E-state index in [4.69, 9.17) is 14.6 Å². The van der Waals surface area contributed by atoms with Crippen LogP contribution in [0.3, 0.4) is 0 Å². The Balaban J connectivity index is 2.50. The van der Waals surface area contributed by atoms with E-state index in [1.54, 1.807) is 32.4 Å². The fourth-order valence-electron chi connectivity index (χ4n) is 2.30. The van der Waals surface area contributed by atoms with E-state index < -0.39 is 11.9 Å². The standard InChI is InChI=1S/C16H17NO4/c1-20-16(21-2,12-7-4-3-5-8-12)13-9-6-10-14(11-13)17-15(18)19/h3-11,17H,1-2H3,(H,18,19). The molecule has 110 valence electrons. The summed E-state index contributed by atoms with van der Waals surface area (Å²) in [4.78, 5) is 10.8. The molecule has 5 nitrogen and oxygen atoms in total. The maximum atomic E-state index is 10.8. The van der Waals surface area contributed by atoms with Crippen molar-refractivity contribution in [3.63, 3.8) is 0 Å². The molecule has 0 aliphatic heterocycles. The van der Waals surface area contributed by atoms with Crippen molar-refractivity contribution >= 4 is 11.8 Å². The van der Waals surface area contributed by atoms with Crippen molar-refractivity contribution in [3.05, 3.63) is 65.7 Å². The smallest absolute Gasteiger partial charge is 0.409 e. The van der Waals surface area contributed by atoms with Crippen molar-refractivity contribution in [1.82, 2.24) is 0 Å². The third kappa shape index (κ3) is 3.04. The number of nitrogens with one attached hydrogen (secondary N) is 1. The van der Waals surface area contributed by atoms with Crippen LogP contribution in [0.1, 0.15) is 11.1 Å². The van der Waals surface area contributed by atoms with Crippen molar-refractivity contribution in [3.8, 4) is 0 Å². The third-order valence-electron chi connectivity index (χ3n) is 3.22. The zero-order valence-electron chi connectivity index (χ0n) is 11.9. The highest BCUT2D eigenvalue weighted by atomic mass is 16.7. The first kappa shape index (κ1) is 15.0. The molecule has 0 aliphatic rings. The monoisotopic (exact) mass is 287 g/mol. The normalized spacial score (nSPS) is 11.1. The lowest BCUT2D eigenvalue weighted by Crippen LogP contribution is -2.32. The van der Waals surface area contributed by atoms with Gasteiger partial charge in [0.25, 0.3) is 0 Å². The van der Waals surface area contributed by atoms with E-state index in [0.717, 1.165) is 5.56 Å². The number of rotatable bonds is 5. The molecule has 5 heteroatoms. The Bertz CT molecular complexity index is 609. The summed E-state index contributed by atoms with van der Waals surface area (Å²) in [6, 6.07) is 16.4. The molecular formula is C16H17NO4. The molecule has 0 bridgehead atoms. The molecule has 0 heterocycles. The summed E-state index contributed by atoms with van der Waals surface area (Å²) < 4.78 is 11.2. The van der Waals surface area contributed by atoms with Gasteiger partial charge in [0.15, 0.2) is 0 Å². The number of methoxy groups -OCH3 is 2. The summed E-state index contributed by atoms with van der Waals surface area (Å²) in [5, 5.41) is 11.1. The van der Waals surface area contributed by atoms with Gasteiger partial charge in [0.2, 0.25) is 5.79 Å². The van der Waals surface area contributed by atoms with Gasteiger partial charge in [0.05, 0.1) is 0 Å². The second-order valence-electron chi connectivity index (χ2n) is 4.40. The Morgan fingerprint density at radius 3 is 2.19 bits per heavy atom. The van der Waals surface area contributed by atoms with E-state index in [1.165, 1.54) is 0 Å². The molecular weight excluding hydrogens is 270 g/mol. The largest absolute Gasteiger partial charge is 0.465 e. The predicted molar refractivity (Wildman–Crippen MR) is 79.3 cm³/mol. The van der Waals surface area contributed by atoms with Crippen LogP contribution in [0.5, 0.6) is 0 Å². The molecule has 2 N–H and O–H groups in total. The van der Waals surface area contributed by atoms with E-state index >= 15 is 0 Å². The van der Waals surface area contributed by atoms with Crippen molar-refractivity contribution in [2.45, 2.75) is 5.79 Å². The Hall–Kier alpha value is -2.37. The van der Waals surface area contributed by atoms with Crippen LogP contribution in [0, 0.1) is 0 Å². The molecule has 1 amide bonds. The van der Waals surface area contributed by atoms with Gasteiger partial charge < -0.3 is 14.6 Å². The van der Waals surface area contributed by atoms with Crippen molar-refractivity contribution in [2.24, 2.45) is 0 Å². The summed E-state index contributed by atoms with van der Waals surface area (Å²) in [5.41, 5.74) is 1.97. The highest BCUT2D eigenvalue weighted by Crippen LogP contribution is 2.34. The van der Waals surface area contributed by atoms with Gasteiger partial charge in [-0.1, -0.05) is 42.5 Å². The predicted octanol–water partition coefficient (Wildman–Crippen LogP) is 3.27. The zero-order valence-corrected chi connectivity index (χ0v) is 11.9. The first-order valence-electron chi connectivity index (χ1n) is 6.38. The highest BCUT2D eigenvalue weighted by Gasteiger charge is 2.34. The van der Waals surface area contributed by atoms with Gasteiger partial charge in [-0.25, -0.2) is 4.79 Å². The molecule has 0 aliphatic carbocycles. The Labute approximate surface area is 123 Å². The summed E-state index contributed by atoms with van der Waals surface area (Å²) in [6.45, 7) is 0. The molecule has 0 saturated heterocycles. The second kappa shape index (κ2) is 6.39. The summed E-state index contributed by atoms with van der Waals surface area (Å²) in [5.74, 6) is -1.09. The number of amides is 1. The average Bonchev–Trinajstić information content (AvgIpc) is 2.50. The molecule has 0 spiro atoms. The maximum absolute atomic E-state index is 10.8. The number of ether oxygens (including phenoxy) is 2. The Kier molecular flexibility index (Phi) is 4.57. The quantitative estimate of drug-likeness (QED) is 0.828. The average molecular weight is 287 g/mol. The van der Waals surface area contributed by atoms with Crippen LogP contribution in [-0.4, -0.2) is 25.4 Å². The van der Waals surface area contributed by atoms with Crippen molar-refractivity contribution < 1.29 is 19.4 Å². The minimum atomic E-state index is -1.12. The van der Waals surface area contributed by atoms with Crippen LogP contribution in [0.15, 0.2) is 54.6 Å². The van der Waals surface area contributed by atoms with Crippen LogP contribution in [-0.2, 0) is 15.3 Å². The van der Waals surface area contributed by atoms with Crippen LogP contribution < -0.4 is 5.32 Å². The summed E-state index contributed by atoms with van der Waals surface area (Å²) in [6.07, 6.45) is -1.12. The van der Waals surface area contributed by atoms with Crippen LogP contribution in [0.2, 0.25) is 0 Å². The van der Waals surface area contributed by atoms with Gasteiger partial charge in [0, 0.05) is 31.0 Å². The summed E-state index contributed by atoms with van der Waals surface area (Å²) >= 11 is 0. The molecule has 0 atom stereocenters. The van der Waals surface area contributed by atoms with Gasteiger partial charge in [0.1, 0.15) is 0 Å². The van der Waals surface area contributed by atoms with Crippen LogP contribution in [0.25, 0.3) is 0 Å².